The summed E-state index contributed by atoms with van der Waals surface area (Å²) < 4.78 is 7.33. The average molecular weight is 519 g/mol. The molecule has 0 N–H and O–H groups in total. The van der Waals surface area contributed by atoms with Crippen LogP contribution in [0.15, 0.2) is 65.4 Å². The van der Waals surface area contributed by atoms with E-state index in [1.54, 1.807) is 0 Å². The number of aryl methyl sites for hydroxylation is 2. The van der Waals surface area contributed by atoms with Gasteiger partial charge in [-0.25, -0.2) is 4.98 Å². The van der Waals surface area contributed by atoms with Crippen molar-refractivity contribution in [2.75, 3.05) is 0 Å². The molecule has 2 aromatic carbocycles. The molecule has 6 aromatic rings. The highest BCUT2D eigenvalue weighted by molar-refractivity contribution is 7.19. The third-order valence-electron chi connectivity index (χ3n) is 7.48. The largest absolute Gasteiger partial charge is 0.446 e. The maximum atomic E-state index is 5.99. The Morgan fingerprint density at radius 3 is 2.55 bits per heavy atom. The minimum atomic E-state index is -0.0490. The Bertz CT molecular complexity index is 1830. The van der Waals surface area contributed by atoms with Crippen molar-refractivity contribution in [2.45, 2.75) is 60.3 Å². The van der Waals surface area contributed by atoms with Gasteiger partial charge >= 0.3 is 0 Å². The molecule has 0 saturated carbocycles. The van der Waals surface area contributed by atoms with Crippen LogP contribution in [-0.2, 0) is 11.8 Å². The van der Waals surface area contributed by atoms with Gasteiger partial charge < -0.3 is 4.42 Å². The summed E-state index contributed by atoms with van der Waals surface area (Å²) in [5.74, 6) is 0.646. The molecule has 0 bridgehead atoms. The Labute approximate surface area is 228 Å². The minimum absolute atomic E-state index is 0.0490. The zero-order valence-corrected chi connectivity index (χ0v) is 24.1. The molecule has 4 aromatic heterocycles. The molecular formula is C34H34N2OS. The molecule has 0 aliphatic rings. The quantitative estimate of drug-likeness (QED) is 0.233. The third-order valence-corrected chi connectivity index (χ3v) is 8.76. The first-order chi connectivity index (χ1) is 18.1. The van der Waals surface area contributed by atoms with Crippen LogP contribution in [0.25, 0.3) is 54.5 Å². The van der Waals surface area contributed by atoms with Gasteiger partial charge in [-0.15, -0.1) is 11.3 Å². The zero-order valence-electron chi connectivity index (χ0n) is 23.3. The van der Waals surface area contributed by atoms with E-state index in [-0.39, 0.29) is 5.41 Å². The highest BCUT2D eigenvalue weighted by atomic mass is 32.1. The number of hydrogen-bond donors (Lipinski definition) is 0. The van der Waals surface area contributed by atoms with Crippen LogP contribution in [0.5, 0.6) is 0 Å². The Kier molecular flexibility index (Phi) is 5.92. The molecule has 0 aliphatic heterocycles. The summed E-state index contributed by atoms with van der Waals surface area (Å²) in [7, 11) is 0. The normalized spacial score (nSPS) is 12.4. The molecule has 4 heterocycles. The number of rotatable bonds is 4. The van der Waals surface area contributed by atoms with Crippen molar-refractivity contribution in [3.8, 4) is 22.4 Å². The molecule has 0 saturated heterocycles. The van der Waals surface area contributed by atoms with E-state index in [1.165, 1.54) is 37.2 Å². The monoisotopic (exact) mass is 518 g/mol. The van der Waals surface area contributed by atoms with E-state index >= 15 is 0 Å². The van der Waals surface area contributed by atoms with Gasteiger partial charge in [0.1, 0.15) is 0 Å². The number of nitrogens with zero attached hydrogens (tertiary/aromatic N) is 2. The van der Waals surface area contributed by atoms with Gasteiger partial charge in [0, 0.05) is 26.7 Å². The second-order valence-corrected chi connectivity index (χ2v) is 13.1. The van der Waals surface area contributed by atoms with E-state index in [0.717, 1.165) is 39.5 Å². The first-order valence-corrected chi connectivity index (χ1v) is 14.2. The molecule has 0 aliphatic carbocycles. The predicted molar refractivity (Wildman–Crippen MR) is 162 cm³/mol. The molecular weight excluding hydrogens is 484 g/mol. The topological polar surface area (TPSA) is 38.9 Å². The lowest BCUT2D eigenvalue weighted by atomic mass is 9.83. The maximum absolute atomic E-state index is 5.99. The van der Waals surface area contributed by atoms with Crippen molar-refractivity contribution in [2.24, 2.45) is 5.92 Å². The fraction of sp³-hybridized carbons (Fsp3) is 0.294. The van der Waals surface area contributed by atoms with Crippen LogP contribution in [0.2, 0.25) is 0 Å². The van der Waals surface area contributed by atoms with Gasteiger partial charge in [0.2, 0.25) is 5.71 Å². The Morgan fingerprint density at radius 2 is 1.79 bits per heavy atom. The zero-order chi connectivity index (χ0) is 26.8. The molecule has 0 amide bonds. The number of hydrogen-bond acceptors (Lipinski definition) is 4. The smallest absolute Gasteiger partial charge is 0.227 e. The summed E-state index contributed by atoms with van der Waals surface area (Å²) >= 11 is 1.93. The highest BCUT2D eigenvalue weighted by Crippen LogP contribution is 2.40. The second kappa shape index (κ2) is 9.06. The van der Waals surface area contributed by atoms with Crippen molar-refractivity contribution >= 4 is 43.4 Å². The Balaban J connectivity index is 1.57. The van der Waals surface area contributed by atoms with Gasteiger partial charge in [0.25, 0.3) is 0 Å². The Hall–Kier alpha value is -3.50. The van der Waals surface area contributed by atoms with Crippen molar-refractivity contribution < 1.29 is 4.42 Å². The number of furan rings is 1. The fourth-order valence-electron chi connectivity index (χ4n) is 5.49. The molecule has 0 atom stereocenters. The lowest BCUT2D eigenvalue weighted by Crippen LogP contribution is -2.12. The van der Waals surface area contributed by atoms with Crippen LogP contribution in [0.1, 0.15) is 56.2 Å². The molecule has 38 heavy (non-hydrogen) atoms. The first-order valence-electron chi connectivity index (χ1n) is 13.4. The first kappa shape index (κ1) is 24.8. The molecule has 0 spiro atoms. The van der Waals surface area contributed by atoms with Crippen LogP contribution < -0.4 is 0 Å². The van der Waals surface area contributed by atoms with Crippen LogP contribution >= 0.6 is 11.3 Å². The van der Waals surface area contributed by atoms with E-state index in [4.69, 9.17) is 14.4 Å². The standard InChI is InChI=1S/C34H34N2OS/c1-19(2)13-29-21(4)25-11-10-22(16-30(25)38-29)26-17-28(36-33-31(26)20(3)18-37-33)24-14-23-9-8-12-35-32(23)27(15-24)34(5,6)7/h8-12,14-19H,13H2,1-7H3. The molecule has 0 unspecified atom stereocenters. The molecule has 3 nitrogen and oxygen atoms in total. The van der Waals surface area contributed by atoms with Gasteiger partial charge in [-0.2, -0.15) is 0 Å². The predicted octanol–water partition coefficient (Wildman–Crippen LogP) is 10.0. The number of aromatic nitrogens is 2. The average Bonchev–Trinajstić information content (AvgIpc) is 3.40. The summed E-state index contributed by atoms with van der Waals surface area (Å²) in [4.78, 5) is 11.2. The minimum Gasteiger partial charge on any atom is -0.446 e. The molecule has 0 fully saturated rings. The maximum Gasteiger partial charge on any atom is 0.227 e. The van der Waals surface area contributed by atoms with Gasteiger partial charge in [0.15, 0.2) is 0 Å². The van der Waals surface area contributed by atoms with E-state index in [9.17, 15) is 0 Å². The van der Waals surface area contributed by atoms with Crippen LogP contribution in [0, 0.1) is 19.8 Å². The molecule has 4 heteroatoms. The second-order valence-electron chi connectivity index (χ2n) is 12.0. The summed E-state index contributed by atoms with van der Waals surface area (Å²) in [6.45, 7) is 15.7. The fourth-order valence-corrected chi connectivity index (χ4v) is 6.95. The Morgan fingerprint density at radius 1 is 0.974 bits per heavy atom. The number of benzene rings is 2. The molecule has 0 radical (unpaired) electrons. The van der Waals surface area contributed by atoms with Crippen molar-refractivity contribution in [1.82, 2.24) is 9.97 Å². The summed E-state index contributed by atoms with van der Waals surface area (Å²) in [5, 5.41) is 3.57. The molecule has 192 valence electrons. The van der Waals surface area contributed by atoms with Crippen LogP contribution in [-0.4, -0.2) is 9.97 Å². The van der Waals surface area contributed by atoms with Crippen molar-refractivity contribution in [1.29, 1.82) is 0 Å². The number of thiophene rings is 1. The summed E-state index contributed by atoms with van der Waals surface area (Å²) in [5.41, 5.74) is 9.80. The van der Waals surface area contributed by atoms with E-state index < -0.39 is 0 Å². The van der Waals surface area contributed by atoms with E-state index in [2.05, 4.69) is 90.9 Å². The van der Waals surface area contributed by atoms with Crippen molar-refractivity contribution in [3.63, 3.8) is 0 Å². The number of fused-ring (bicyclic) bond motifs is 3. The van der Waals surface area contributed by atoms with Gasteiger partial charge in [-0.1, -0.05) is 52.8 Å². The van der Waals surface area contributed by atoms with Crippen LogP contribution in [0.4, 0.5) is 0 Å². The molecule has 6 rings (SSSR count). The van der Waals surface area contributed by atoms with Gasteiger partial charge in [-0.05, 0) is 95.1 Å². The van der Waals surface area contributed by atoms with Gasteiger partial charge in [0.05, 0.1) is 22.9 Å². The lowest BCUT2D eigenvalue weighted by Gasteiger charge is -2.22. The highest BCUT2D eigenvalue weighted by Gasteiger charge is 2.21. The summed E-state index contributed by atoms with van der Waals surface area (Å²) in [6, 6.07) is 17.8. The van der Waals surface area contributed by atoms with Gasteiger partial charge in [-0.3, -0.25) is 4.98 Å². The lowest BCUT2D eigenvalue weighted by molar-refractivity contribution is 0.594. The SMILES string of the molecule is Cc1c(CC(C)C)sc2cc(-c3cc(-c4cc(C(C)(C)C)c5ncccc5c4)nc4occ(C)c34)ccc12. The summed E-state index contributed by atoms with van der Waals surface area (Å²) in [6.07, 6.45) is 4.82. The third kappa shape index (κ3) is 4.21. The van der Waals surface area contributed by atoms with E-state index in [1.807, 2.05) is 29.9 Å². The van der Waals surface area contributed by atoms with E-state index in [0.29, 0.717) is 11.6 Å². The number of pyridine rings is 2. The van der Waals surface area contributed by atoms with Crippen LogP contribution in [0.3, 0.4) is 0 Å². The van der Waals surface area contributed by atoms with Crippen molar-refractivity contribution in [3.05, 3.63) is 82.6 Å².